The first-order chi connectivity index (χ1) is 9.81. The van der Waals surface area contributed by atoms with Crippen molar-refractivity contribution in [3.8, 4) is 0 Å². The molecule has 1 aromatic heterocycles. The Morgan fingerprint density at radius 1 is 1.43 bits per heavy atom. The van der Waals surface area contributed by atoms with E-state index in [-0.39, 0.29) is 17.2 Å². The Bertz CT molecular complexity index is 533. The van der Waals surface area contributed by atoms with Crippen LogP contribution in [0.4, 0.5) is 0 Å². The van der Waals surface area contributed by atoms with Crippen LogP contribution in [0.25, 0.3) is 0 Å². The van der Waals surface area contributed by atoms with Crippen LogP contribution in [0.5, 0.6) is 0 Å². The molecule has 1 unspecified atom stereocenters. The molecule has 1 aromatic rings. The van der Waals surface area contributed by atoms with Crippen LogP contribution in [0, 0.1) is 5.41 Å². The predicted molar refractivity (Wildman–Crippen MR) is 82.9 cm³/mol. The molecule has 1 aliphatic heterocycles. The van der Waals surface area contributed by atoms with Crippen molar-refractivity contribution in [3.63, 3.8) is 0 Å². The highest BCUT2D eigenvalue weighted by Crippen LogP contribution is 2.24. The second-order valence-electron chi connectivity index (χ2n) is 6.45. The largest absolute Gasteiger partial charge is 0.344 e. The molecule has 1 atom stereocenters. The number of rotatable bonds is 3. The maximum Gasteiger partial charge on any atom is 0.246 e. The quantitative estimate of drug-likeness (QED) is 0.928. The maximum atomic E-state index is 12.7. The summed E-state index contributed by atoms with van der Waals surface area (Å²) in [5.41, 5.74) is -0.299. The van der Waals surface area contributed by atoms with E-state index in [0.717, 1.165) is 11.4 Å². The summed E-state index contributed by atoms with van der Waals surface area (Å²) in [6.45, 7) is 8.95. The zero-order chi connectivity index (χ0) is 15.6. The van der Waals surface area contributed by atoms with E-state index in [1.807, 2.05) is 27.0 Å². The Balaban J connectivity index is 2.17. The fourth-order valence-corrected chi connectivity index (χ4v) is 3.19. The Morgan fingerprint density at radius 3 is 2.71 bits per heavy atom. The molecule has 0 aliphatic carbocycles. The summed E-state index contributed by atoms with van der Waals surface area (Å²) >= 11 is 1.63. The topological polar surface area (TPSA) is 62.3 Å². The van der Waals surface area contributed by atoms with Gasteiger partial charge in [-0.2, -0.15) is 0 Å². The molecule has 2 rings (SSSR count). The summed E-state index contributed by atoms with van der Waals surface area (Å²) in [4.78, 5) is 31.9. The van der Waals surface area contributed by atoms with Gasteiger partial charge in [0.2, 0.25) is 11.8 Å². The van der Waals surface area contributed by atoms with E-state index >= 15 is 0 Å². The number of nitrogens with one attached hydrogen (secondary N) is 1. The zero-order valence-electron chi connectivity index (χ0n) is 13.1. The fraction of sp³-hybridized carbons (Fsp3) is 0.667. The van der Waals surface area contributed by atoms with E-state index in [0.29, 0.717) is 19.5 Å². The molecule has 2 heterocycles. The van der Waals surface area contributed by atoms with Crippen LogP contribution in [0.2, 0.25) is 0 Å². The third-order valence-electron chi connectivity index (χ3n) is 3.61. The first kappa shape index (κ1) is 15.9. The molecule has 0 bridgehead atoms. The van der Waals surface area contributed by atoms with Crippen molar-refractivity contribution in [2.24, 2.45) is 5.41 Å². The SMILES string of the molecule is CCc1cnc(CN2CCC(=O)NC(C(C)(C)C)C2=O)s1. The summed E-state index contributed by atoms with van der Waals surface area (Å²) in [5, 5.41) is 3.79. The number of thiazole rings is 1. The van der Waals surface area contributed by atoms with Gasteiger partial charge >= 0.3 is 0 Å². The average molecular weight is 309 g/mol. The fourth-order valence-electron chi connectivity index (χ4n) is 2.32. The standard InChI is InChI=1S/C15H23N3O2S/c1-5-10-8-16-12(21-10)9-18-7-6-11(19)17-13(14(18)20)15(2,3)4/h8,13H,5-7,9H2,1-4H3,(H,17,19). The van der Waals surface area contributed by atoms with Gasteiger partial charge in [-0.1, -0.05) is 27.7 Å². The molecule has 0 radical (unpaired) electrons. The molecule has 6 heteroatoms. The van der Waals surface area contributed by atoms with Crippen LogP contribution < -0.4 is 5.32 Å². The number of amides is 2. The number of aromatic nitrogens is 1. The second-order valence-corrected chi connectivity index (χ2v) is 7.65. The number of carbonyl (C=O) groups excluding carboxylic acids is 2. The lowest BCUT2D eigenvalue weighted by atomic mass is 9.86. The molecular weight excluding hydrogens is 286 g/mol. The van der Waals surface area contributed by atoms with Gasteiger partial charge < -0.3 is 10.2 Å². The molecule has 1 fully saturated rings. The Labute approximate surface area is 129 Å². The molecule has 116 valence electrons. The van der Waals surface area contributed by atoms with Gasteiger partial charge in [0.25, 0.3) is 0 Å². The smallest absolute Gasteiger partial charge is 0.246 e. The van der Waals surface area contributed by atoms with Crippen molar-refractivity contribution >= 4 is 23.2 Å². The molecule has 5 nitrogen and oxygen atoms in total. The van der Waals surface area contributed by atoms with Gasteiger partial charge in [-0.05, 0) is 11.8 Å². The van der Waals surface area contributed by atoms with Crippen LogP contribution in [0.1, 0.15) is 44.0 Å². The van der Waals surface area contributed by atoms with E-state index in [1.165, 1.54) is 4.88 Å². The zero-order valence-corrected chi connectivity index (χ0v) is 13.9. The lowest BCUT2D eigenvalue weighted by molar-refractivity contribution is -0.136. The highest BCUT2D eigenvalue weighted by molar-refractivity contribution is 7.11. The predicted octanol–water partition coefficient (Wildman–Crippen LogP) is 1.97. The Kier molecular flexibility index (Phi) is 4.66. The van der Waals surface area contributed by atoms with Gasteiger partial charge in [0.15, 0.2) is 0 Å². The maximum absolute atomic E-state index is 12.7. The van der Waals surface area contributed by atoms with Gasteiger partial charge in [0.1, 0.15) is 11.0 Å². The molecule has 0 saturated carbocycles. The molecule has 0 aromatic carbocycles. The van der Waals surface area contributed by atoms with Crippen molar-refractivity contribution in [2.45, 2.75) is 53.1 Å². The lowest BCUT2D eigenvalue weighted by Gasteiger charge is -2.32. The van der Waals surface area contributed by atoms with Gasteiger partial charge in [0, 0.05) is 24.0 Å². The van der Waals surface area contributed by atoms with Crippen molar-refractivity contribution < 1.29 is 9.59 Å². The van der Waals surface area contributed by atoms with Gasteiger partial charge in [-0.25, -0.2) is 4.98 Å². The van der Waals surface area contributed by atoms with E-state index in [9.17, 15) is 9.59 Å². The van der Waals surface area contributed by atoms with Gasteiger partial charge in [-0.3, -0.25) is 9.59 Å². The summed E-state index contributed by atoms with van der Waals surface area (Å²) in [6, 6.07) is -0.474. The Hall–Kier alpha value is -1.43. The van der Waals surface area contributed by atoms with E-state index in [1.54, 1.807) is 16.2 Å². The van der Waals surface area contributed by atoms with E-state index < -0.39 is 6.04 Å². The van der Waals surface area contributed by atoms with Crippen LogP contribution in [-0.4, -0.2) is 34.3 Å². The highest BCUT2D eigenvalue weighted by atomic mass is 32.1. The number of hydrogen-bond donors (Lipinski definition) is 1. The molecule has 21 heavy (non-hydrogen) atoms. The summed E-state index contributed by atoms with van der Waals surface area (Å²) < 4.78 is 0. The molecule has 0 spiro atoms. The van der Waals surface area contributed by atoms with Gasteiger partial charge in [0.05, 0.1) is 6.54 Å². The minimum absolute atomic E-state index is 0.0124. The first-order valence-electron chi connectivity index (χ1n) is 7.33. The average Bonchev–Trinajstić information content (AvgIpc) is 2.80. The van der Waals surface area contributed by atoms with Crippen molar-refractivity contribution in [3.05, 3.63) is 16.1 Å². The van der Waals surface area contributed by atoms with E-state index in [4.69, 9.17) is 0 Å². The second kappa shape index (κ2) is 6.13. The first-order valence-corrected chi connectivity index (χ1v) is 8.14. The number of nitrogens with zero attached hydrogens (tertiary/aromatic N) is 2. The van der Waals surface area contributed by atoms with Gasteiger partial charge in [-0.15, -0.1) is 11.3 Å². The van der Waals surface area contributed by atoms with Crippen molar-refractivity contribution in [1.82, 2.24) is 15.2 Å². The van der Waals surface area contributed by atoms with Crippen molar-refractivity contribution in [2.75, 3.05) is 6.54 Å². The molecule has 1 saturated heterocycles. The minimum atomic E-state index is -0.474. The Morgan fingerprint density at radius 2 is 2.14 bits per heavy atom. The summed E-state index contributed by atoms with van der Waals surface area (Å²) in [5.74, 6) is -0.0687. The lowest BCUT2D eigenvalue weighted by Crippen LogP contribution is -2.51. The third kappa shape index (κ3) is 3.81. The number of aryl methyl sites for hydroxylation is 1. The molecule has 1 aliphatic rings. The summed E-state index contributed by atoms with van der Waals surface area (Å²) in [6.07, 6.45) is 3.17. The minimum Gasteiger partial charge on any atom is -0.344 e. The van der Waals surface area contributed by atoms with Crippen molar-refractivity contribution in [1.29, 1.82) is 0 Å². The third-order valence-corrected chi connectivity index (χ3v) is 4.74. The van der Waals surface area contributed by atoms with E-state index in [2.05, 4.69) is 17.2 Å². The molecular formula is C15H23N3O2S. The van der Waals surface area contributed by atoms with Crippen LogP contribution in [0.15, 0.2) is 6.20 Å². The molecule has 1 N–H and O–H groups in total. The van der Waals surface area contributed by atoms with Crippen LogP contribution >= 0.6 is 11.3 Å². The molecule has 2 amide bonds. The normalized spacial score (nSPS) is 20.4. The summed E-state index contributed by atoms with van der Waals surface area (Å²) in [7, 11) is 0. The highest BCUT2D eigenvalue weighted by Gasteiger charge is 2.37. The monoisotopic (exact) mass is 309 g/mol. The number of hydrogen-bond acceptors (Lipinski definition) is 4. The van der Waals surface area contributed by atoms with Crippen LogP contribution in [-0.2, 0) is 22.6 Å². The van der Waals surface area contributed by atoms with Crippen LogP contribution in [0.3, 0.4) is 0 Å². The number of carbonyl (C=O) groups is 2.